The van der Waals surface area contributed by atoms with E-state index in [1.165, 1.54) is 5.56 Å². The summed E-state index contributed by atoms with van der Waals surface area (Å²) in [6, 6.07) is 16.6. The molecule has 4 rings (SSSR count). The molecule has 2 aromatic rings. The van der Waals surface area contributed by atoms with Crippen molar-refractivity contribution in [3.8, 4) is 0 Å². The first-order chi connectivity index (χ1) is 14.2. The quantitative estimate of drug-likeness (QED) is 0.845. The molecule has 0 spiro atoms. The van der Waals surface area contributed by atoms with Crippen LogP contribution in [0.5, 0.6) is 0 Å². The summed E-state index contributed by atoms with van der Waals surface area (Å²) in [7, 11) is 1.74. The molecule has 1 aromatic carbocycles. The number of nitrogens with one attached hydrogen (secondary N) is 1. The van der Waals surface area contributed by atoms with E-state index < -0.39 is 0 Å². The predicted molar refractivity (Wildman–Crippen MR) is 114 cm³/mol. The Kier molecular flexibility index (Phi) is 6.42. The van der Waals surface area contributed by atoms with Gasteiger partial charge in [-0.3, -0.25) is 4.79 Å². The third-order valence-electron chi connectivity index (χ3n) is 5.96. The maximum Gasteiger partial charge on any atom is 0.272 e. The summed E-state index contributed by atoms with van der Waals surface area (Å²) in [6.07, 6.45) is 1.99. The zero-order valence-electron chi connectivity index (χ0n) is 17.1. The molecular formula is C23H30N4O2. The van der Waals surface area contributed by atoms with Gasteiger partial charge >= 0.3 is 0 Å². The van der Waals surface area contributed by atoms with E-state index in [9.17, 15) is 4.79 Å². The second kappa shape index (κ2) is 9.37. The predicted octanol–water partition coefficient (Wildman–Crippen LogP) is 2.73. The molecule has 154 valence electrons. The molecule has 6 heteroatoms. The molecule has 1 N–H and O–H groups in total. The second-order valence-electron chi connectivity index (χ2n) is 7.94. The zero-order chi connectivity index (χ0) is 20.1. The third kappa shape index (κ3) is 4.77. The van der Waals surface area contributed by atoms with Gasteiger partial charge in [-0.15, -0.1) is 0 Å². The minimum Gasteiger partial charge on any atom is -0.384 e. The molecule has 2 fully saturated rings. The van der Waals surface area contributed by atoms with Crippen LogP contribution in [0.2, 0.25) is 0 Å². The first kappa shape index (κ1) is 19.9. The number of piperazine rings is 1. The van der Waals surface area contributed by atoms with Crippen LogP contribution in [0.15, 0.2) is 48.5 Å². The molecule has 29 heavy (non-hydrogen) atoms. The molecule has 0 saturated carbocycles. The van der Waals surface area contributed by atoms with Gasteiger partial charge in [0.05, 0.1) is 0 Å². The molecule has 2 aliphatic rings. The molecule has 2 aliphatic heterocycles. The Morgan fingerprint density at radius 1 is 1.10 bits per heavy atom. The molecule has 0 radical (unpaired) electrons. The van der Waals surface area contributed by atoms with Crippen LogP contribution < -0.4 is 10.2 Å². The number of methoxy groups -OCH3 is 1. The molecule has 3 heterocycles. The lowest BCUT2D eigenvalue weighted by Gasteiger charge is -2.35. The summed E-state index contributed by atoms with van der Waals surface area (Å²) in [5.74, 6) is 1.48. The molecule has 2 saturated heterocycles. The van der Waals surface area contributed by atoms with Crippen LogP contribution in [0.25, 0.3) is 0 Å². The molecule has 0 aliphatic carbocycles. The molecule has 0 bridgehead atoms. The minimum atomic E-state index is 0.0393. The summed E-state index contributed by atoms with van der Waals surface area (Å²) in [5.41, 5.74) is 1.82. The van der Waals surface area contributed by atoms with Crippen LogP contribution in [0.1, 0.15) is 34.9 Å². The number of nitrogens with zero attached hydrogens (tertiary/aromatic N) is 3. The topological polar surface area (TPSA) is 57.7 Å². The highest BCUT2D eigenvalue weighted by atomic mass is 16.5. The van der Waals surface area contributed by atoms with Crippen molar-refractivity contribution >= 4 is 11.7 Å². The maximum atomic E-state index is 13.0. The second-order valence-corrected chi connectivity index (χ2v) is 7.94. The van der Waals surface area contributed by atoms with Crippen molar-refractivity contribution in [3.63, 3.8) is 0 Å². The summed E-state index contributed by atoms with van der Waals surface area (Å²) in [5, 5.41) is 3.58. The highest BCUT2D eigenvalue weighted by Crippen LogP contribution is 2.23. The number of carbonyl (C=O) groups is 1. The van der Waals surface area contributed by atoms with Crippen LogP contribution in [0.4, 0.5) is 5.82 Å². The van der Waals surface area contributed by atoms with Crippen LogP contribution in [0.3, 0.4) is 0 Å². The van der Waals surface area contributed by atoms with E-state index in [0.29, 0.717) is 11.6 Å². The van der Waals surface area contributed by atoms with Crippen molar-refractivity contribution in [3.05, 3.63) is 59.8 Å². The Labute approximate surface area is 172 Å². The van der Waals surface area contributed by atoms with E-state index in [0.717, 1.165) is 58.0 Å². The van der Waals surface area contributed by atoms with E-state index in [2.05, 4.69) is 34.5 Å². The lowest BCUT2D eigenvalue weighted by molar-refractivity contribution is 0.0608. The zero-order valence-corrected chi connectivity index (χ0v) is 17.1. The maximum absolute atomic E-state index is 13.0. The molecule has 1 unspecified atom stereocenters. The fraction of sp³-hybridized carbons (Fsp3) is 0.478. The number of rotatable bonds is 5. The number of carbonyl (C=O) groups excluding carboxylic acids is 1. The SMILES string of the molecule is COCC1CCN(C(=O)c2cccc(N3CCNC(c4ccccc4)C3)n2)CC1. The largest absolute Gasteiger partial charge is 0.384 e. The van der Waals surface area contributed by atoms with Crippen molar-refractivity contribution in [1.82, 2.24) is 15.2 Å². The van der Waals surface area contributed by atoms with E-state index in [4.69, 9.17) is 9.72 Å². The van der Waals surface area contributed by atoms with Gasteiger partial charge in [-0.2, -0.15) is 0 Å². The standard InChI is InChI=1S/C23H30N4O2/c1-29-17-18-10-13-26(14-11-18)23(28)20-8-5-9-22(25-20)27-15-12-24-21(16-27)19-6-3-2-4-7-19/h2-9,18,21,24H,10-17H2,1H3. The summed E-state index contributed by atoms with van der Waals surface area (Å²) in [4.78, 5) is 21.9. The van der Waals surface area contributed by atoms with Crippen LogP contribution in [-0.2, 0) is 4.74 Å². The average molecular weight is 395 g/mol. The van der Waals surface area contributed by atoms with Crippen LogP contribution in [0, 0.1) is 5.92 Å². The van der Waals surface area contributed by atoms with E-state index in [1.807, 2.05) is 29.2 Å². The van der Waals surface area contributed by atoms with Gasteiger partial charge in [0.15, 0.2) is 0 Å². The summed E-state index contributed by atoms with van der Waals surface area (Å²) < 4.78 is 5.26. The fourth-order valence-corrected chi connectivity index (χ4v) is 4.29. The Morgan fingerprint density at radius 3 is 2.66 bits per heavy atom. The number of pyridine rings is 1. The lowest BCUT2D eigenvalue weighted by Crippen LogP contribution is -2.46. The molecule has 1 amide bonds. The highest BCUT2D eigenvalue weighted by molar-refractivity contribution is 5.92. The monoisotopic (exact) mass is 394 g/mol. The Balaban J connectivity index is 1.42. The highest BCUT2D eigenvalue weighted by Gasteiger charge is 2.26. The number of hydrogen-bond donors (Lipinski definition) is 1. The summed E-state index contributed by atoms with van der Waals surface area (Å²) in [6.45, 7) is 4.96. The third-order valence-corrected chi connectivity index (χ3v) is 5.96. The molecule has 1 aromatic heterocycles. The van der Waals surface area contributed by atoms with Gasteiger partial charge in [0.2, 0.25) is 0 Å². The first-order valence-electron chi connectivity index (χ1n) is 10.5. The van der Waals surface area contributed by atoms with Crippen molar-refractivity contribution in [2.24, 2.45) is 5.92 Å². The van der Waals surface area contributed by atoms with Crippen LogP contribution >= 0.6 is 0 Å². The van der Waals surface area contributed by atoms with Gasteiger partial charge in [-0.05, 0) is 36.5 Å². The van der Waals surface area contributed by atoms with Crippen molar-refractivity contribution in [1.29, 1.82) is 0 Å². The van der Waals surface area contributed by atoms with Crippen molar-refractivity contribution in [2.75, 3.05) is 51.3 Å². The average Bonchev–Trinajstić information content (AvgIpc) is 2.80. The minimum absolute atomic E-state index is 0.0393. The number of aromatic nitrogens is 1. The summed E-state index contributed by atoms with van der Waals surface area (Å²) >= 11 is 0. The number of likely N-dealkylation sites (tertiary alicyclic amines) is 1. The smallest absolute Gasteiger partial charge is 0.272 e. The molecular weight excluding hydrogens is 364 g/mol. The Morgan fingerprint density at radius 2 is 1.90 bits per heavy atom. The molecule has 6 nitrogen and oxygen atoms in total. The number of ether oxygens (including phenoxy) is 1. The van der Waals surface area contributed by atoms with Gasteiger partial charge in [-0.1, -0.05) is 36.4 Å². The van der Waals surface area contributed by atoms with E-state index in [1.54, 1.807) is 7.11 Å². The van der Waals surface area contributed by atoms with E-state index >= 15 is 0 Å². The fourth-order valence-electron chi connectivity index (χ4n) is 4.29. The van der Waals surface area contributed by atoms with Gasteiger partial charge in [0.1, 0.15) is 11.5 Å². The van der Waals surface area contributed by atoms with Crippen LogP contribution in [-0.4, -0.2) is 62.2 Å². The van der Waals surface area contributed by atoms with Gasteiger partial charge in [0, 0.05) is 52.5 Å². The number of benzene rings is 1. The van der Waals surface area contributed by atoms with Crippen molar-refractivity contribution < 1.29 is 9.53 Å². The number of amides is 1. The Hall–Kier alpha value is -2.44. The van der Waals surface area contributed by atoms with E-state index in [-0.39, 0.29) is 11.9 Å². The lowest BCUT2D eigenvalue weighted by atomic mass is 9.97. The van der Waals surface area contributed by atoms with Crippen molar-refractivity contribution in [2.45, 2.75) is 18.9 Å². The molecule has 1 atom stereocenters. The van der Waals surface area contributed by atoms with Gasteiger partial charge in [0.25, 0.3) is 5.91 Å². The number of anilines is 1. The Bertz CT molecular complexity index is 806. The van der Waals surface area contributed by atoms with Gasteiger partial charge < -0.3 is 19.9 Å². The normalized spacial score (nSPS) is 20.7. The number of piperidine rings is 1. The number of hydrogen-bond acceptors (Lipinski definition) is 5. The first-order valence-corrected chi connectivity index (χ1v) is 10.5. The van der Waals surface area contributed by atoms with Gasteiger partial charge in [-0.25, -0.2) is 4.98 Å².